The molecule has 0 saturated carbocycles. The van der Waals surface area contributed by atoms with Gasteiger partial charge in [0.15, 0.2) is 0 Å². The average molecular weight is 107 g/mol. The zero-order valence-corrected chi connectivity index (χ0v) is 3.64. The van der Waals surface area contributed by atoms with Crippen LogP contribution in [0, 0.1) is 0 Å². The fraction of sp³-hybridized carbons (Fsp3) is 0. The van der Waals surface area contributed by atoms with E-state index in [4.69, 9.17) is 17.5 Å². The van der Waals surface area contributed by atoms with Crippen LogP contribution >= 0.6 is 0 Å². The maximum absolute atomic E-state index is 8.74. The first-order valence-corrected chi connectivity index (χ1v) is 2.10. The maximum Gasteiger partial charge on any atom is 2.00 e. The third-order valence-electron chi connectivity index (χ3n) is 0. The van der Waals surface area contributed by atoms with Gasteiger partial charge in [0.1, 0.15) is 0 Å². The van der Waals surface area contributed by atoms with Crippen LogP contribution in [0.5, 0.6) is 0 Å². The Morgan fingerprint density at radius 2 is 1.17 bits per heavy atom. The first-order valence-electron chi connectivity index (χ1n) is 0.698. The van der Waals surface area contributed by atoms with Gasteiger partial charge in [-0.25, -0.2) is 0 Å². The standard InChI is InChI=1S/Be.H2O4S/c;1-5(2,3)4/h;(H2,1,2,3,4)/q+2;. The predicted octanol–water partition coefficient (Wildman–Crippen LogP) is -1.03. The van der Waals surface area contributed by atoms with Crippen LogP contribution in [0.25, 0.3) is 0 Å². The molecule has 0 amide bonds. The number of hydrogen-bond acceptors (Lipinski definition) is 2. The van der Waals surface area contributed by atoms with E-state index in [1.165, 1.54) is 0 Å². The topological polar surface area (TPSA) is 74.6 Å². The maximum atomic E-state index is 8.74. The third kappa shape index (κ3) is 24700. The molecular formula is H2BeO4S+2. The first kappa shape index (κ1) is 9.40. The zero-order valence-electron chi connectivity index (χ0n) is 2.83. The van der Waals surface area contributed by atoms with Gasteiger partial charge >= 0.3 is 20.5 Å². The second-order valence-electron chi connectivity index (χ2n) is 0.448. The minimum atomic E-state index is -4.67. The molecule has 0 aliphatic heterocycles. The van der Waals surface area contributed by atoms with Crippen LogP contribution < -0.4 is 0 Å². The van der Waals surface area contributed by atoms with E-state index >= 15 is 0 Å². The van der Waals surface area contributed by atoms with E-state index in [9.17, 15) is 0 Å². The summed E-state index contributed by atoms with van der Waals surface area (Å²) in [4.78, 5) is 0. The summed E-state index contributed by atoms with van der Waals surface area (Å²) in [5.74, 6) is 0. The molecule has 0 aromatic heterocycles. The molecule has 0 aromatic carbocycles. The largest absolute Gasteiger partial charge is 2.00 e. The summed E-state index contributed by atoms with van der Waals surface area (Å²) in [5.41, 5.74) is 0. The Balaban J connectivity index is 0. The summed E-state index contributed by atoms with van der Waals surface area (Å²) in [6, 6.07) is 0. The molecule has 4 nitrogen and oxygen atoms in total. The van der Waals surface area contributed by atoms with Crippen molar-refractivity contribution in [1.29, 1.82) is 0 Å². The van der Waals surface area contributed by atoms with E-state index < -0.39 is 10.4 Å². The monoisotopic (exact) mass is 107 g/mol. The SMILES string of the molecule is O=S(=O)(O)O.[Be+2]. The van der Waals surface area contributed by atoms with E-state index in [1.54, 1.807) is 0 Å². The van der Waals surface area contributed by atoms with Crippen molar-refractivity contribution < 1.29 is 17.5 Å². The normalized spacial score (nSPS) is 9.67. The average Bonchev–Trinajstić information content (AvgIpc) is 0.722. The van der Waals surface area contributed by atoms with Crippen LogP contribution in [-0.4, -0.2) is 27.6 Å². The Morgan fingerprint density at radius 3 is 1.17 bits per heavy atom. The van der Waals surface area contributed by atoms with Gasteiger partial charge in [-0.1, -0.05) is 0 Å². The molecule has 0 radical (unpaired) electrons. The molecule has 0 spiro atoms. The summed E-state index contributed by atoms with van der Waals surface area (Å²) in [5, 5.41) is 0. The quantitative estimate of drug-likeness (QED) is 0.306. The van der Waals surface area contributed by atoms with E-state index in [-0.39, 0.29) is 10.1 Å². The van der Waals surface area contributed by atoms with Gasteiger partial charge in [0.25, 0.3) is 0 Å². The molecule has 0 aliphatic carbocycles. The van der Waals surface area contributed by atoms with Crippen LogP contribution in [0.2, 0.25) is 0 Å². The Labute approximate surface area is 39.0 Å². The van der Waals surface area contributed by atoms with Crippen LogP contribution in [-0.2, 0) is 10.4 Å². The minimum absolute atomic E-state index is 0. The van der Waals surface area contributed by atoms with Gasteiger partial charge in [0.2, 0.25) is 0 Å². The minimum Gasteiger partial charge on any atom is -0.264 e. The van der Waals surface area contributed by atoms with Gasteiger partial charge in [-0.15, -0.1) is 0 Å². The number of rotatable bonds is 0. The summed E-state index contributed by atoms with van der Waals surface area (Å²) in [6.07, 6.45) is 0. The fourth-order valence-corrected chi connectivity index (χ4v) is 0. The second kappa shape index (κ2) is 2.25. The molecule has 2 N–H and O–H groups in total. The van der Waals surface area contributed by atoms with Gasteiger partial charge in [-0.3, -0.25) is 9.11 Å². The van der Waals surface area contributed by atoms with E-state index in [0.29, 0.717) is 0 Å². The third-order valence-corrected chi connectivity index (χ3v) is 0. The molecular weight excluding hydrogens is 105 g/mol. The van der Waals surface area contributed by atoms with Crippen molar-refractivity contribution in [2.45, 2.75) is 0 Å². The first-order chi connectivity index (χ1) is 2.00. The van der Waals surface area contributed by atoms with Crippen molar-refractivity contribution in [3.63, 3.8) is 0 Å². The Morgan fingerprint density at radius 1 is 1.17 bits per heavy atom. The molecule has 0 saturated heterocycles. The van der Waals surface area contributed by atoms with Gasteiger partial charge in [0, 0.05) is 0 Å². The molecule has 0 heterocycles. The van der Waals surface area contributed by atoms with Gasteiger partial charge in [0.05, 0.1) is 0 Å². The van der Waals surface area contributed by atoms with Crippen molar-refractivity contribution >= 4 is 20.5 Å². The van der Waals surface area contributed by atoms with Crippen LogP contribution in [0.3, 0.4) is 0 Å². The molecule has 0 fully saturated rings. The molecule has 32 valence electrons. The van der Waals surface area contributed by atoms with Gasteiger partial charge in [-0.2, -0.15) is 8.42 Å². The Bertz CT molecular complexity index is 90.7. The molecule has 0 aromatic rings. The fourth-order valence-electron chi connectivity index (χ4n) is 0. The van der Waals surface area contributed by atoms with Gasteiger partial charge < -0.3 is 0 Å². The summed E-state index contributed by atoms with van der Waals surface area (Å²) in [7, 11) is -4.67. The zero-order chi connectivity index (χ0) is 4.50. The molecule has 0 bridgehead atoms. The van der Waals surface area contributed by atoms with Crippen molar-refractivity contribution in [3.8, 4) is 0 Å². The van der Waals surface area contributed by atoms with E-state index in [2.05, 4.69) is 0 Å². The summed E-state index contributed by atoms with van der Waals surface area (Å²) >= 11 is 0. The predicted molar refractivity (Wildman–Crippen MR) is 19.9 cm³/mol. The number of hydrogen-bond donors (Lipinski definition) is 2. The van der Waals surface area contributed by atoms with Gasteiger partial charge in [-0.05, 0) is 0 Å². The van der Waals surface area contributed by atoms with E-state index in [1.807, 2.05) is 0 Å². The van der Waals surface area contributed by atoms with Crippen LogP contribution in [0.4, 0.5) is 0 Å². The van der Waals surface area contributed by atoms with Crippen molar-refractivity contribution in [2.24, 2.45) is 0 Å². The van der Waals surface area contributed by atoms with E-state index in [0.717, 1.165) is 0 Å². The second-order valence-corrected chi connectivity index (χ2v) is 1.34. The van der Waals surface area contributed by atoms with Crippen molar-refractivity contribution in [2.75, 3.05) is 0 Å². The summed E-state index contributed by atoms with van der Waals surface area (Å²) < 4.78 is 31.6. The molecule has 0 rings (SSSR count). The molecule has 6 heteroatoms. The van der Waals surface area contributed by atoms with Crippen LogP contribution in [0.15, 0.2) is 0 Å². The molecule has 0 atom stereocenters. The molecule has 0 aliphatic rings. The molecule has 0 unspecified atom stereocenters. The van der Waals surface area contributed by atoms with Crippen LogP contribution in [0.1, 0.15) is 0 Å². The Kier molecular flexibility index (Phi) is 3.53. The molecule has 6 heavy (non-hydrogen) atoms. The van der Waals surface area contributed by atoms with Crippen molar-refractivity contribution in [1.82, 2.24) is 0 Å². The summed E-state index contributed by atoms with van der Waals surface area (Å²) in [6.45, 7) is 0. The Hall–Kier alpha value is 0.0388. The smallest absolute Gasteiger partial charge is 0.264 e. The van der Waals surface area contributed by atoms with Crippen molar-refractivity contribution in [3.05, 3.63) is 0 Å².